The third-order valence-corrected chi connectivity index (χ3v) is 3.55. The van der Waals surface area contributed by atoms with Crippen molar-refractivity contribution in [3.63, 3.8) is 0 Å². The van der Waals surface area contributed by atoms with Gasteiger partial charge in [0.05, 0.1) is 5.56 Å². The third kappa shape index (κ3) is 1.51. The van der Waals surface area contributed by atoms with Crippen LogP contribution in [-0.4, -0.2) is 18.6 Å². The predicted molar refractivity (Wildman–Crippen MR) is 74.0 cm³/mol. The molecule has 1 aliphatic carbocycles. The van der Waals surface area contributed by atoms with E-state index < -0.39 is 0 Å². The minimum atomic E-state index is -0.0850. The van der Waals surface area contributed by atoms with Crippen molar-refractivity contribution in [1.82, 2.24) is 0 Å². The minimum Gasteiger partial charge on any atom is -0.387 e. The Kier molecular flexibility index (Phi) is 2.49. The normalized spacial score (nSPS) is 12.9. The molecule has 3 heteroatoms. The molecule has 0 heterocycles. The number of carbonyl (C=O) groups is 2. The molecule has 94 valence electrons. The van der Waals surface area contributed by atoms with Crippen LogP contribution < -0.4 is 5.32 Å². The summed E-state index contributed by atoms with van der Waals surface area (Å²) in [5.41, 5.74) is 3.66. The fourth-order valence-corrected chi connectivity index (χ4v) is 2.61. The molecule has 3 nitrogen and oxygen atoms in total. The van der Waals surface area contributed by atoms with Gasteiger partial charge in [-0.25, -0.2) is 0 Å². The second kappa shape index (κ2) is 4.05. The van der Waals surface area contributed by atoms with E-state index in [0.717, 1.165) is 11.3 Å². The van der Waals surface area contributed by atoms with E-state index in [1.54, 1.807) is 37.4 Å². The molecule has 2 aromatic rings. The van der Waals surface area contributed by atoms with Crippen molar-refractivity contribution in [2.75, 3.05) is 12.4 Å². The van der Waals surface area contributed by atoms with E-state index in [-0.39, 0.29) is 11.6 Å². The second-order valence-corrected chi connectivity index (χ2v) is 4.63. The lowest BCUT2D eigenvalue weighted by Crippen LogP contribution is -2.22. The van der Waals surface area contributed by atoms with E-state index in [9.17, 15) is 9.59 Å². The summed E-state index contributed by atoms with van der Waals surface area (Å²) in [5.74, 6) is -0.167. The van der Waals surface area contributed by atoms with Crippen molar-refractivity contribution in [1.29, 1.82) is 0 Å². The summed E-state index contributed by atoms with van der Waals surface area (Å²) in [7, 11) is 1.76. The van der Waals surface area contributed by atoms with Crippen LogP contribution in [-0.2, 0) is 0 Å². The van der Waals surface area contributed by atoms with Crippen LogP contribution in [0.15, 0.2) is 36.4 Å². The number of nitrogens with one attached hydrogen (secondary N) is 1. The van der Waals surface area contributed by atoms with E-state index >= 15 is 0 Å². The SMILES string of the molecule is CNc1c(C)ccc2c1C(=O)c1ccccc1C2=O. The van der Waals surface area contributed by atoms with Crippen LogP contribution in [0.2, 0.25) is 0 Å². The van der Waals surface area contributed by atoms with Crippen LogP contribution >= 0.6 is 0 Å². The molecule has 2 aromatic carbocycles. The maximum Gasteiger partial charge on any atom is 0.196 e. The van der Waals surface area contributed by atoms with E-state index in [2.05, 4.69) is 5.32 Å². The molecule has 0 aliphatic heterocycles. The molecule has 0 saturated carbocycles. The van der Waals surface area contributed by atoms with Gasteiger partial charge in [-0.1, -0.05) is 30.3 Å². The highest BCUT2D eigenvalue weighted by Gasteiger charge is 2.31. The fourth-order valence-electron chi connectivity index (χ4n) is 2.61. The maximum absolute atomic E-state index is 12.6. The Hall–Kier alpha value is -2.42. The highest BCUT2D eigenvalue weighted by atomic mass is 16.1. The first kappa shape index (κ1) is 11.7. The van der Waals surface area contributed by atoms with Crippen molar-refractivity contribution < 1.29 is 9.59 Å². The monoisotopic (exact) mass is 251 g/mol. The number of anilines is 1. The number of hydrogen-bond donors (Lipinski definition) is 1. The standard InChI is InChI=1S/C16H13NO2/c1-9-7-8-12-13(14(9)17-2)16(19)11-6-4-3-5-10(11)15(12)18/h3-8,17H,1-2H3. The van der Waals surface area contributed by atoms with Crippen LogP contribution in [0, 0.1) is 6.92 Å². The van der Waals surface area contributed by atoms with Crippen molar-refractivity contribution in [2.45, 2.75) is 6.92 Å². The highest BCUT2D eigenvalue weighted by molar-refractivity contribution is 6.30. The first-order chi connectivity index (χ1) is 9.15. The molecule has 0 spiro atoms. The Labute approximate surface area is 111 Å². The quantitative estimate of drug-likeness (QED) is 0.723. The van der Waals surface area contributed by atoms with Gasteiger partial charge in [-0.3, -0.25) is 9.59 Å². The van der Waals surface area contributed by atoms with Crippen molar-refractivity contribution in [3.8, 4) is 0 Å². The summed E-state index contributed by atoms with van der Waals surface area (Å²) in [6.07, 6.45) is 0. The molecule has 0 fully saturated rings. The lowest BCUT2D eigenvalue weighted by molar-refractivity contribution is 0.0979. The van der Waals surface area contributed by atoms with E-state index in [1.807, 2.05) is 13.0 Å². The van der Waals surface area contributed by atoms with Crippen molar-refractivity contribution in [3.05, 3.63) is 64.2 Å². The molecule has 3 rings (SSSR count). The zero-order valence-corrected chi connectivity index (χ0v) is 10.8. The van der Waals surface area contributed by atoms with Gasteiger partial charge < -0.3 is 5.32 Å². The Bertz CT molecular complexity index is 717. The number of fused-ring (bicyclic) bond motifs is 2. The Morgan fingerprint density at radius 1 is 0.842 bits per heavy atom. The zero-order chi connectivity index (χ0) is 13.6. The Morgan fingerprint density at radius 3 is 2.11 bits per heavy atom. The van der Waals surface area contributed by atoms with E-state index in [1.165, 1.54) is 0 Å². The molecule has 0 amide bonds. The van der Waals surface area contributed by atoms with E-state index in [4.69, 9.17) is 0 Å². The number of aryl methyl sites for hydroxylation is 1. The van der Waals surface area contributed by atoms with Crippen molar-refractivity contribution >= 4 is 17.3 Å². The van der Waals surface area contributed by atoms with Crippen LogP contribution in [0.3, 0.4) is 0 Å². The molecular weight excluding hydrogens is 238 g/mol. The van der Waals surface area contributed by atoms with Gasteiger partial charge in [0.1, 0.15) is 0 Å². The van der Waals surface area contributed by atoms with Crippen LogP contribution in [0.4, 0.5) is 5.69 Å². The first-order valence-electron chi connectivity index (χ1n) is 6.15. The van der Waals surface area contributed by atoms with Gasteiger partial charge in [0.2, 0.25) is 0 Å². The van der Waals surface area contributed by atoms with Gasteiger partial charge in [0, 0.05) is 29.4 Å². The summed E-state index contributed by atoms with van der Waals surface area (Å²) in [5, 5.41) is 3.03. The number of carbonyl (C=O) groups excluding carboxylic acids is 2. The summed E-state index contributed by atoms with van der Waals surface area (Å²) in [6.45, 7) is 1.92. The van der Waals surface area contributed by atoms with Gasteiger partial charge in [-0.05, 0) is 18.6 Å². The van der Waals surface area contributed by atoms with Gasteiger partial charge in [0.25, 0.3) is 0 Å². The lowest BCUT2D eigenvalue weighted by Gasteiger charge is -2.21. The number of hydrogen-bond acceptors (Lipinski definition) is 3. The molecule has 1 aliphatic rings. The third-order valence-electron chi connectivity index (χ3n) is 3.55. The number of benzene rings is 2. The first-order valence-corrected chi connectivity index (χ1v) is 6.15. The maximum atomic E-state index is 12.6. The largest absolute Gasteiger partial charge is 0.387 e. The van der Waals surface area contributed by atoms with Crippen LogP contribution in [0.5, 0.6) is 0 Å². The number of ketones is 2. The average molecular weight is 251 g/mol. The summed E-state index contributed by atoms with van der Waals surface area (Å²) >= 11 is 0. The Balaban J connectivity index is 2.36. The van der Waals surface area contributed by atoms with E-state index in [0.29, 0.717) is 22.3 Å². The summed E-state index contributed by atoms with van der Waals surface area (Å²) in [4.78, 5) is 25.0. The smallest absolute Gasteiger partial charge is 0.196 e. The predicted octanol–water partition coefficient (Wildman–Crippen LogP) is 2.81. The topological polar surface area (TPSA) is 46.2 Å². The summed E-state index contributed by atoms with van der Waals surface area (Å²) < 4.78 is 0. The lowest BCUT2D eigenvalue weighted by atomic mass is 9.82. The molecule has 19 heavy (non-hydrogen) atoms. The van der Waals surface area contributed by atoms with Gasteiger partial charge >= 0.3 is 0 Å². The second-order valence-electron chi connectivity index (χ2n) is 4.63. The average Bonchev–Trinajstić information content (AvgIpc) is 2.44. The Morgan fingerprint density at radius 2 is 1.47 bits per heavy atom. The van der Waals surface area contributed by atoms with Crippen LogP contribution in [0.25, 0.3) is 0 Å². The molecule has 1 N–H and O–H groups in total. The van der Waals surface area contributed by atoms with Crippen LogP contribution in [0.1, 0.15) is 37.4 Å². The highest BCUT2D eigenvalue weighted by Crippen LogP contribution is 2.33. The number of rotatable bonds is 1. The van der Waals surface area contributed by atoms with Gasteiger partial charge in [-0.15, -0.1) is 0 Å². The molecule has 0 unspecified atom stereocenters. The van der Waals surface area contributed by atoms with Gasteiger partial charge in [0.15, 0.2) is 11.6 Å². The molecular formula is C16H13NO2. The molecule has 0 atom stereocenters. The minimum absolute atomic E-state index is 0.0818. The fraction of sp³-hybridized carbons (Fsp3) is 0.125. The summed E-state index contributed by atoms with van der Waals surface area (Å²) in [6, 6.07) is 10.6. The van der Waals surface area contributed by atoms with Crippen molar-refractivity contribution in [2.24, 2.45) is 0 Å². The molecule has 0 bridgehead atoms. The zero-order valence-electron chi connectivity index (χ0n) is 10.8. The molecule has 0 aromatic heterocycles. The molecule has 0 saturated heterocycles. The molecule has 0 radical (unpaired) electrons. The van der Waals surface area contributed by atoms with Gasteiger partial charge in [-0.2, -0.15) is 0 Å².